The molecule has 0 unspecified atom stereocenters. The molecule has 2 heterocycles. The SMILES string of the molecule is O=C(c1coc(-c2ccc(Cl)c(Cl)c2)n1)N1CCc2ccccc2C1. The quantitative estimate of drug-likeness (QED) is 0.645. The molecule has 0 spiro atoms. The number of carbonyl (C=O) groups is 1. The van der Waals surface area contributed by atoms with Crippen LogP contribution in [0.2, 0.25) is 10.0 Å². The van der Waals surface area contributed by atoms with Gasteiger partial charge in [0.2, 0.25) is 5.89 Å². The van der Waals surface area contributed by atoms with E-state index in [-0.39, 0.29) is 5.91 Å². The van der Waals surface area contributed by atoms with Gasteiger partial charge in [0, 0.05) is 18.7 Å². The monoisotopic (exact) mass is 372 g/mol. The average Bonchev–Trinajstić information content (AvgIpc) is 3.13. The Hall–Kier alpha value is -2.30. The Kier molecular flexibility index (Phi) is 4.24. The number of amides is 1. The van der Waals surface area contributed by atoms with Crippen LogP contribution in [-0.2, 0) is 13.0 Å². The van der Waals surface area contributed by atoms with Gasteiger partial charge in [-0.2, -0.15) is 0 Å². The predicted molar refractivity (Wildman–Crippen MR) is 96.8 cm³/mol. The van der Waals surface area contributed by atoms with E-state index in [4.69, 9.17) is 27.6 Å². The molecule has 4 nitrogen and oxygen atoms in total. The van der Waals surface area contributed by atoms with Gasteiger partial charge in [-0.05, 0) is 35.7 Å². The molecule has 1 aromatic heterocycles. The number of benzene rings is 2. The maximum absolute atomic E-state index is 12.7. The van der Waals surface area contributed by atoms with Crippen LogP contribution in [0.5, 0.6) is 0 Å². The van der Waals surface area contributed by atoms with Crippen molar-refractivity contribution in [2.45, 2.75) is 13.0 Å². The Morgan fingerprint density at radius 3 is 2.68 bits per heavy atom. The van der Waals surface area contributed by atoms with E-state index in [1.54, 1.807) is 23.1 Å². The molecular formula is C19H14Cl2N2O2. The summed E-state index contributed by atoms with van der Waals surface area (Å²) in [5.74, 6) is 0.212. The lowest BCUT2D eigenvalue weighted by Gasteiger charge is -2.28. The van der Waals surface area contributed by atoms with Gasteiger partial charge in [0.25, 0.3) is 5.91 Å². The summed E-state index contributed by atoms with van der Waals surface area (Å²) < 4.78 is 5.47. The average molecular weight is 373 g/mol. The summed E-state index contributed by atoms with van der Waals surface area (Å²) in [7, 11) is 0. The topological polar surface area (TPSA) is 46.3 Å². The lowest BCUT2D eigenvalue weighted by Crippen LogP contribution is -2.36. The zero-order chi connectivity index (χ0) is 17.4. The number of oxazole rings is 1. The van der Waals surface area contributed by atoms with Crippen LogP contribution in [0.15, 0.2) is 53.1 Å². The highest BCUT2D eigenvalue weighted by Crippen LogP contribution is 2.28. The first-order valence-corrected chi connectivity index (χ1v) is 8.64. The standard InChI is InChI=1S/C19H14Cl2N2O2/c20-15-6-5-13(9-16(15)21)18-22-17(11-25-18)19(24)23-8-7-12-3-1-2-4-14(12)10-23/h1-6,9,11H,7-8,10H2. The molecule has 0 atom stereocenters. The molecule has 0 aliphatic carbocycles. The van der Waals surface area contributed by atoms with E-state index in [2.05, 4.69) is 17.1 Å². The second-order valence-electron chi connectivity index (χ2n) is 5.91. The summed E-state index contributed by atoms with van der Waals surface area (Å²) >= 11 is 11.9. The first-order chi connectivity index (χ1) is 12.1. The molecule has 1 amide bonds. The van der Waals surface area contributed by atoms with Crippen LogP contribution >= 0.6 is 23.2 Å². The molecule has 1 aliphatic heterocycles. The molecule has 126 valence electrons. The molecule has 2 aromatic carbocycles. The van der Waals surface area contributed by atoms with Gasteiger partial charge in [0.1, 0.15) is 6.26 Å². The van der Waals surface area contributed by atoms with E-state index in [0.29, 0.717) is 40.3 Å². The highest BCUT2D eigenvalue weighted by molar-refractivity contribution is 6.42. The van der Waals surface area contributed by atoms with Crippen molar-refractivity contribution in [2.75, 3.05) is 6.54 Å². The van der Waals surface area contributed by atoms with Gasteiger partial charge in [-0.15, -0.1) is 0 Å². The van der Waals surface area contributed by atoms with Crippen molar-refractivity contribution in [1.29, 1.82) is 0 Å². The predicted octanol–water partition coefficient (Wildman–Crippen LogP) is 4.85. The van der Waals surface area contributed by atoms with Crippen molar-refractivity contribution in [1.82, 2.24) is 9.88 Å². The summed E-state index contributed by atoms with van der Waals surface area (Å²) in [6, 6.07) is 13.3. The molecule has 0 saturated heterocycles. The van der Waals surface area contributed by atoms with Crippen LogP contribution in [0, 0.1) is 0 Å². The Bertz CT molecular complexity index is 952. The van der Waals surface area contributed by atoms with Gasteiger partial charge in [0.05, 0.1) is 10.0 Å². The summed E-state index contributed by atoms with van der Waals surface area (Å²) in [5.41, 5.74) is 3.44. The number of nitrogens with zero attached hydrogens (tertiary/aromatic N) is 2. The van der Waals surface area contributed by atoms with Crippen LogP contribution in [0.25, 0.3) is 11.5 Å². The number of halogens is 2. The highest BCUT2D eigenvalue weighted by atomic mass is 35.5. The lowest BCUT2D eigenvalue weighted by molar-refractivity contribution is 0.0728. The van der Waals surface area contributed by atoms with Gasteiger partial charge in [-0.25, -0.2) is 4.98 Å². The third kappa shape index (κ3) is 3.15. The molecule has 25 heavy (non-hydrogen) atoms. The molecule has 0 fully saturated rings. The van der Waals surface area contributed by atoms with Crippen molar-refractivity contribution >= 4 is 29.1 Å². The number of carbonyl (C=O) groups excluding carboxylic acids is 1. The zero-order valence-electron chi connectivity index (χ0n) is 13.2. The second-order valence-corrected chi connectivity index (χ2v) is 6.73. The fraction of sp³-hybridized carbons (Fsp3) is 0.158. The molecule has 4 rings (SSSR count). The van der Waals surface area contributed by atoms with E-state index in [1.165, 1.54) is 17.4 Å². The Balaban J connectivity index is 1.56. The third-order valence-electron chi connectivity index (χ3n) is 4.31. The lowest BCUT2D eigenvalue weighted by atomic mass is 10.00. The highest BCUT2D eigenvalue weighted by Gasteiger charge is 2.24. The molecule has 0 N–H and O–H groups in total. The number of aromatic nitrogens is 1. The van der Waals surface area contributed by atoms with Gasteiger partial charge in [-0.1, -0.05) is 47.5 Å². The fourth-order valence-electron chi connectivity index (χ4n) is 2.96. The first-order valence-electron chi connectivity index (χ1n) is 7.89. The molecular weight excluding hydrogens is 359 g/mol. The van der Waals surface area contributed by atoms with Crippen LogP contribution in [0.1, 0.15) is 21.6 Å². The van der Waals surface area contributed by atoms with Gasteiger partial charge >= 0.3 is 0 Å². The van der Waals surface area contributed by atoms with E-state index >= 15 is 0 Å². The molecule has 0 saturated carbocycles. The molecule has 1 aliphatic rings. The van der Waals surface area contributed by atoms with Crippen molar-refractivity contribution < 1.29 is 9.21 Å². The molecule has 6 heteroatoms. The Morgan fingerprint density at radius 1 is 1.08 bits per heavy atom. The van der Waals surface area contributed by atoms with Gasteiger partial charge < -0.3 is 9.32 Å². The van der Waals surface area contributed by atoms with Crippen molar-refractivity contribution in [3.8, 4) is 11.5 Å². The zero-order valence-corrected chi connectivity index (χ0v) is 14.7. The number of hydrogen-bond donors (Lipinski definition) is 0. The van der Waals surface area contributed by atoms with Crippen molar-refractivity contribution in [3.05, 3.63) is 75.6 Å². The molecule has 0 radical (unpaired) electrons. The van der Waals surface area contributed by atoms with E-state index in [0.717, 1.165) is 6.42 Å². The minimum atomic E-state index is -0.135. The first kappa shape index (κ1) is 16.2. The van der Waals surface area contributed by atoms with E-state index in [9.17, 15) is 4.79 Å². The number of rotatable bonds is 2. The third-order valence-corrected chi connectivity index (χ3v) is 5.05. The number of fused-ring (bicyclic) bond motifs is 1. The van der Waals surface area contributed by atoms with Crippen LogP contribution in [-0.4, -0.2) is 22.3 Å². The summed E-state index contributed by atoms with van der Waals surface area (Å²) in [6.45, 7) is 1.26. The van der Waals surface area contributed by atoms with Gasteiger partial charge in [0.15, 0.2) is 5.69 Å². The van der Waals surface area contributed by atoms with Crippen molar-refractivity contribution in [3.63, 3.8) is 0 Å². The van der Waals surface area contributed by atoms with Crippen molar-refractivity contribution in [2.24, 2.45) is 0 Å². The fourth-order valence-corrected chi connectivity index (χ4v) is 3.26. The minimum Gasteiger partial charge on any atom is -0.444 e. The molecule has 0 bridgehead atoms. The van der Waals surface area contributed by atoms with Crippen LogP contribution in [0.4, 0.5) is 0 Å². The van der Waals surface area contributed by atoms with Crippen LogP contribution < -0.4 is 0 Å². The second kappa shape index (κ2) is 6.54. The maximum atomic E-state index is 12.7. The number of hydrogen-bond acceptors (Lipinski definition) is 3. The normalized spacial score (nSPS) is 13.6. The summed E-state index contributed by atoms with van der Waals surface area (Å²) in [6.07, 6.45) is 2.24. The summed E-state index contributed by atoms with van der Waals surface area (Å²) in [5, 5.41) is 0.873. The Morgan fingerprint density at radius 2 is 1.88 bits per heavy atom. The van der Waals surface area contributed by atoms with E-state index < -0.39 is 0 Å². The van der Waals surface area contributed by atoms with E-state index in [1.807, 2.05) is 12.1 Å². The largest absolute Gasteiger partial charge is 0.444 e. The molecule has 3 aromatic rings. The smallest absolute Gasteiger partial charge is 0.276 e. The summed E-state index contributed by atoms with van der Waals surface area (Å²) in [4.78, 5) is 18.8. The maximum Gasteiger partial charge on any atom is 0.276 e. The minimum absolute atomic E-state index is 0.135. The van der Waals surface area contributed by atoms with Gasteiger partial charge in [-0.3, -0.25) is 4.79 Å². The Labute approximate surface area is 155 Å². The van der Waals surface area contributed by atoms with Crippen LogP contribution in [0.3, 0.4) is 0 Å².